The Balaban J connectivity index is 0.00000180. The maximum Gasteiger partial charge on any atom is 0.334 e. The summed E-state index contributed by atoms with van der Waals surface area (Å²) in [6, 6.07) is 9.44. The molecule has 1 atom stereocenters. The van der Waals surface area contributed by atoms with Crippen molar-refractivity contribution in [2.24, 2.45) is 5.73 Å². The lowest BCUT2D eigenvalue weighted by Gasteiger charge is -2.20. The maximum atomic E-state index is 11.9. The quantitative estimate of drug-likeness (QED) is 0.847. The molecule has 0 saturated heterocycles. The minimum atomic E-state index is -1.27. The van der Waals surface area contributed by atoms with Gasteiger partial charge < -0.3 is 15.5 Å². The number of rotatable bonds is 4. The van der Waals surface area contributed by atoms with Crippen LogP contribution in [-0.4, -0.2) is 15.9 Å². The van der Waals surface area contributed by atoms with Gasteiger partial charge in [-0.05, 0) is 12.5 Å². The molecule has 0 amide bonds. The Labute approximate surface area is 129 Å². The fourth-order valence-electron chi connectivity index (χ4n) is 1.52. The number of nitrogens with one attached hydrogen (secondary N) is 1. The summed E-state index contributed by atoms with van der Waals surface area (Å²) in [5, 5.41) is 0. The Morgan fingerprint density at radius 3 is 2.55 bits per heavy atom. The van der Waals surface area contributed by atoms with E-state index in [1.165, 1.54) is 0 Å². The first-order valence-corrected chi connectivity index (χ1v) is 5.60. The van der Waals surface area contributed by atoms with Gasteiger partial charge in [-0.2, -0.15) is 0 Å². The Kier molecular flexibility index (Phi) is 7.28. The minimum Gasteiger partial charge on any atom is -0.459 e. The van der Waals surface area contributed by atoms with Crippen LogP contribution < -0.4 is 5.73 Å². The molecule has 0 aliphatic rings. The van der Waals surface area contributed by atoms with E-state index in [9.17, 15) is 4.79 Å². The lowest BCUT2D eigenvalue weighted by Crippen LogP contribution is -2.44. The summed E-state index contributed by atoms with van der Waals surface area (Å²) in [6.07, 6.45) is 3.16. The summed E-state index contributed by atoms with van der Waals surface area (Å²) in [4.78, 5) is 18.7. The number of hydrogen-bond acceptors (Lipinski definition) is 4. The third-order valence-electron chi connectivity index (χ3n) is 2.63. The number of carbonyl (C=O) groups excluding carboxylic acids is 1. The normalized spacial score (nSPS) is 12.5. The first-order valence-electron chi connectivity index (χ1n) is 5.60. The van der Waals surface area contributed by atoms with Crippen LogP contribution >= 0.6 is 24.8 Å². The Hall–Kier alpha value is -1.56. The topological polar surface area (TPSA) is 81.0 Å². The van der Waals surface area contributed by atoms with Crippen LogP contribution in [0.1, 0.15) is 18.3 Å². The summed E-state index contributed by atoms with van der Waals surface area (Å²) in [7, 11) is 0. The molecule has 1 unspecified atom stereocenters. The van der Waals surface area contributed by atoms with Gasteiger partial charge in [0.05, 0.1) is 0 Å². The smallest absolute Gasteiger partial charge is 0.334 e. The molecule has 3 N–H and O–H groups in total. The van der Waals surface area contributed by atoms with Gasteiger partial charge in [-0.15, -0.1) is 24.8 Å². The van der Waals surface area contributed by atoms with Crippen molar-refractivity contribution >= 4 is 30.8 Å². The second kappa shape index (κ2) is 7.89. The summed E-state index contributed by atoms with van der Waals surface area (Å²) < 4.78 is 5.19. The average Bonchev–Trinajstić information content (AvgIpc) is 2.91. The number of nitrogens with zero attached hydrogens (tertiary/aromatic N) is 1. The molecule has 2 rings (SSSR count). The highest BCUT2D eigenvalue weighted by Crippen LogP contribution is 2.15. The molecule has 7 heteroatoms. The first kappa shape index (κ1) is 18.4. The minimum absolute atomic E-state index is 0. The summed E-state index contributed by atoms with van der Waals surface area (Å²) >= 11 is 0. The van der Waals surface area contributed by atoms with Gasteiger partial charge in [0.2, 0.25) is 0 Å². The van der Waals surface area contributed by atoms with Gasteiger partial charge in [0.25, 0.3) is 0 Å². The molecule has 0 saturated carbocycles. The highest BCUT2D eigenvalue weighted by atomic mass is 35.5. The van der Waals surface area contributed by atoms with Crippen LogP contribution in [0.3, 0.4) is 0 Å². The van der Waals surface area contributed by atoms with Crippen LogP contribution in [0.2, 0.25) is 0 Å². The summed E-state index contributed by atoms with van der Waals surface area (Å²) in [6.45, 7) is 1.77. The van der Waals surface area contributed by atoms with Gasteiger partial charge in [0.1, 0.15) is 12.4 Å². The van der Waals surface area contributed by atoms with Crippen molar-refractivity contribution in [3.63, 3.8) is 0 Å². The van der Waals surface area contributed by atoms with E-state index in [-0.39, 0.29) is 31.4 Å². The van der Waals surface area contributed by atoms with E-state index >= 15 is 0 Å². The molecule has 0 aliphatic heterocycles. The number of aromatic amines is 1. The van der Waals surface area contributed by atoms with Gasteiger partial charge in [0.15, 0.2) is 5.54 Å². The van der Waals surface area contributed by atoms with E-state index in [2.05, 4.69) is 9.97 Å². The number of esters is 1. The van der Waals surface area contributed by atoms with Crippen LogP contribution in [0.5, 0.6) is 0 Å². The van der Waals surface area contributed by atoms with Crippen LogP contribution in [0.25, 0.3) is 0 Å². The lowest BCUT2D eigenvalue weighted by atomic mass is 10.0. The second-order valence-electron chi connectivity index (χ2n) is 4.20. The Morgan fingerprint density at radius 1 is 1.35 bits per heavy atom. The van der Waals surface area contributed by atoms with Gasteiger partial charge in [-0.25, -0.2) is 9.78 Å². The number of ether oxygens (including phenoxy) is 1. The number of carbonyl (C=O) groups is 1. The van der Waals surface area contributed by atoms with Gasteiger partial charge >= 0.3 is 5.97 Å². The molecule has 20 heavy (non-hydrogen) atoms. The summed E-state index contributed by atoms with van der Waals surface area (Å²) in [5.41, 5.74) is 5.57. The zero-order valence-electron chi connectivity index (χ0n) is 10.9. The van der Waals surface area contributed by atoms with Crippen LogP contribution in [0.15, 0.2) is 42.7 Å². The van der Waals surface area contributed by atoms with E-state index in [0.717, 1.165) is 5.56 Å². The zero-order chi connectivity index (χ0) is 13.0. The van der Waals surface area contributed by atoms with Crippen molar-refractivity contribution in [1.82, 2.24) is 9.97 Å². The number of aromatic nitrogens is 2. The maximum absolute atomic E-state index is 11.9. The molecule has 0 fully saturated rings. The van der Waals surface area contributed by atoms with E-state index in [4.69, 9.17) is 10.5 Å². The highest BCUT2D eigenvalue weighted by molar-refractivity contribution is 5.85. The van der Waals surface area contributed by atoms with Crippen LogP contribution in [0.4, 0.5) is 0 Å². The van der Waals surface area contributed by atoms with Crippen molar-refractivity contribution in [2.45, 2.75) is 19.1 Å². The number of imidazole rings is 1. The molecule has 0 spiro atoms. The number of H-pyrrole nitrogens is 1. The lowest BCUT2D eigenvalue weighted by molar-refractivity contribution is -0.151. The highest BCUT2D eigenvalue weighted by Gasteiger charge is 2.34. The van der Waals surface area contributed by atoms with Gasteiger partial charge in [-0.1, -0.05) is 30.3 Å². The third kappa shape index (κ3) is 4.23. The SMILES string of the molecule is CC(N)(C(=O)OCc1ccccc1)c1ncc[nH]1.Cl.Cl. The van der Waals surface area contributed by atoms with Crippen LogP contribution in [-0.2, 0) is 21.7 Å². The van der Waals surface area contributed by atoms with E-state index < -0.39 is 11.5 Å². The molecule has 1 heterocycles. The molecule has 110 valence electrons. The molecular formula is C13H17Cl2N3O2. The fourth-order valence-corrected chi connectivity index (χ4v) is 1.52. The van der Waals surface area contributed by atoms with E-state index in [1.54, 1.807) is 19.3 Å². The molecule has 1 aromatic carbocycles. The van der Waals surface area contributed by atoms with E-state index in [0.29, 0.717) is 5.82 Å². The van der Waals surface area contributed by atoms with Crippen LogP contribution in [0, 0.1) is 0 Å². The largest absolute Gasteiger partial charge is 0.459 e. The number of nitrogens with two attached hydrogens (primary N) is 1. The molecule has 2 aromatic rings. The average molecular weight is 318 g/mol. The van der Waals surface area contributed by atoms with E-state index in [1.807, 2.05) is 30.3 Å². The fraction of sp³-hybridized carbons (Fsp3) is 0.231. The first-order chi connectivity index (χ1) is 8.60. The van der Waals surface area contributed by atoms with Crippen molar-refractivity contribution in [2.75, 3.05) is 0 Å². The zero-order valence-corrected chi connectivity index (χ0v) is 12.5. The molecule has 0 aliphatic carbocycles. The third-order valence-corrected chi connectivity index (χ3v) is 2.63. The number of hydrogen-bond donors (Lipinski definition) is 2. The van der Waals surface area contributed by atoms with Gasteiger partial charge in [0, 0.05) is 12.4 Å². The predicted octanol–water partition coefficient (Wildman–Crippen LogP) is 2.17. The Bertz CT molecular complexity index is 516. The van der Waals surface area contributed by atoms with Crippen molar-refractivity contribution < 1.29 is 9.53 Å². The standard InChI is InChI=1S/C13H15N3O2.2ClH/c1-13(14,11-15-7-8-16-11)12(17)18-9-10-5-3-2-4-6-10;;/h2-8H,9,14H2,1H3,(H,15,16);2*1H. The van der Waals surface area contributed by atoms with Crippen molar-refractivity contribution in [1.29, 1.82) is 0 Å². The predicted molar refractivity (Wildman–Crippen MR) is 80.9 cm³/mol. The molecule has 0 bridgehead atoms. The van der Waals surface area contributed by atoms with Gasteiger partial charge in [-0.3, -0.25) is 0 Å². The molecule has 0 radical (unpaired) electrons. The van der Waals surface area contributed by atoms with Crippen molar-refractivity contribution in [3.05, 3.63) is 54.1 Å². The second-order valence-corrected chi connectivity index (χ2v) is 4.20. The number of halogens is 2. The molecular weight excluding hydrogens is 301 g/mol. The van der Waals surface area contributed by atoms with Crippen molar-refractivity contribution in [3.8, 4) is 0 Å². The Morgan fingerprint density at radius 2 is 2.00 bits per heavy atom. The molecule has 5 nitrogen and oxygen atoms in total. The summed E-state index contributed by atoms with van der Waals surface area (Å²) in [5.74, 6) is -0.123. The monoisotopic (exact) mass is 317 g/mol. The number of benzene rings is 1. The molecule has 1 aromatic heterocycles.